The van der Waals surface area contributed by atoms with E-state index in [1.54, 1.807) is 23.0 Å². The van der Waals surface area contributed by atoms with E-state index >= 15 is 0 Å². The van der Waals surface area contributed by atoms with Gasteiger partial charge in [-0.15, -0.1) is 0 Å². The van der Waals surface area contributed by atoms with E-state index in [2.05, 4.69) is 5.10 Å². The molecule has 2 aromatic rings. The van der Waals surface area contributed by atoms with Gasteiger partial charge in [0.25, 0.3) is 5.91 Å². The number of ether oxygens (including phenoxy) is 1. The Hall–Kier alpha value is -2.67. The molecule has 1 aliphatic heterocycles. The molecular formula is C16H17N3O4. The lowest BCUT2D eigenvalue weighted by molar-refractivity contribution is -0.154. The van der Waals surface area contributed by atoms with Crippen molar-refractivity contribution in [1.29, 1.82) is 0 Å². The third kappa shape index (κ3) is 3.09. The Kier molecular flexibility index (Phi) is 4.12. The van der Waals surface area contributed by atoms with Crippen molar-refractivity contribution < 1.29 is 19.4 Å². The van der Waals surface area contributed by atoms with Gasteiger partial charge >= 0.3 is 5.97 Å². The van der Waals surface area contributed by atoms with Crippen LogP contribution in [0, 0.1) is 6.92 Å². The summed E-state index contributed by atoms with van der Waals surface area (Å²) in [4.78, 5) is 25.0. The summed E-state index contributed by atoms with van der Waals surface area (Å²) < 4.78 is 6.91. The summed E-state index contributed by atoms with van der Waals surface area (Å²) in [6, 6.07) is 9.00. The number of morpholine rings is 1. The van der Waals surface area contributed by atoms with Gasteiger partial charge in [0.1, 0.15) is 0 Å². The van der Waals surface area contributed by atoms with Gasteiger partial charge in [-0.3, -0.25) is 4.79 Å². The summed E-state index contributed by atoms with van der Waals surface area (Å²) in [5.74, 6) is -1.24. The molecular weight excluding hydrogens is 298 g/mol. The Balaban J connectivity index is 1.75. The Bertz CT molecular complexity index is 723. The molecule has 7 heteroatoms. The smallest absolute Gasteiger partial charge is 0.334 e. The van der Waals surface area contributed by atoms with E-state index in [-0.39, 0.29) is 19.1 Å². The van der Waals surface area contributed by atoms with Crippen LogP contribution in [0.3, 0.4) is 0 Å². The molecule has 0 spiro atoms. The van der Waals surface area contributed by atoms with Gasteiger partial charge in [-0.05, 0) is 37.3 Å². The first kappa shape index (κ1) is 15.2. The average molecular weight is 315 g/mol. The lowest BCUT2D eigenvalue weighted by Crippen LogP contribution is -2.48. The van der Waals surface area contributed by atoms with E-state index in [1.807, 2.05) is 25.1 Å². The van der Waals surface area contributed by atoms with Gasteiger partial charge in [-0.1, -0.05) is 0 Å². The zero-order chi connectivity index (χ0) is 16.4. The number of carboxylic acids is 1. The van der Waals surface area contributed by atoms with Crippen molar-refractivity contribution in [3.63, 3.8) is 0 Å². The fraction of sp³-hybridized carbons (Fsp3) is 0.312. The molecule has 1 N–H and O–H groups in total. The first-order valence-corrected chi connectivity index (χ1v) is 7.31. The molecule has 1 fully saturated rings. The second kappa shape index (κ2) is 6.21. The van der Waals surface area contributed by atoms with Gasteiger partial charge in [0, 0.05) is 24.0 Å². The molecule has 2 heterocycles. The monoisotopic (exact) mass is 315 g/mol. The zero-order valence-corrected chi connectivity index (χ0v) is 12.7. The van der Waals surface area contributed by atoms with Crippen molar-refractivity contribution in [2.45, 2.75) is 13.0 Å². The second-order valence-electron chi connectivity index (χ2n) is 5.38. The molecule has 0 radical (unpaired) electrons. The number of aliphatic carboxylic acids is 1. The van der Waals surface area contributed by atoms with Gasteiger partial charge in [-0.2, -0.15) is 5.10 Å². The molecule has 0 bridgehead atoms. The largest absolute Gasteiger partial charge is 0.479 e. The van der Waals surface area contributed by atoms with Crippen LogP contribution in [0.4, 0.5) is 0 Å². The number of nitrogens with zero attached hydrogens (tertiary/aromatic N) is 3. The van der Waals surface area contributed by atoms with Crippen molar-refractivity contribution in [1.82, 2.24) is 14.7 Å². The van der Waals surface area contributed by atoms with Crippen molar-refractivity contribution in [2.75, 3.05) is 19.7 Å². The maximum Gasteiger partial charge on any atom is 0.334 e. The number of aryl methyl sites for hydroxylation is 1. The van der Waals surface area contributed by atoms with Crippen LogP contribution in [0.1, 0.15) is 16.1 Å². The van der Waals surface area contributed by atoms with Crippen LogP contribution in [0.2, 0.25) is 0 Å². The van der Waals surface area contributed by atoms with Crippen LogP contribution in [-0.2, 0) is 9.53 Å². The Morgan fingerprint density at radius 2 is 2.00 bits per heavy atom. The molecule has 7 nitrogen and oxygen atoms in total. The van der Waals surface area contributed by atoms with Gasteiger partial charge < -0.3 is 14.7 Å². The topological polar surface area (TPSA) is 84.7 Å². The molecule has 1 aromatic carbocycles. The number of amides is 1. The molecule has 1 amide bonds. The standard InChI is InChI=1S/C16H17N3O4/c1-11-6-7-17-19(11)13-4-2-12(3-5-13)15(20)18-8-9-23-14(10-18)16(21)22/h2-7,14H,8-10H2,1H3,(H,21,22). The Morgan fingerprint density at radius 3 is 2.61 bits per heavy atom. The van der Waals surface area contributed by atoms with Crippen molar-refractivity contribution in [3.8, 4) is 5.69 Å². The van der Waals surface area contributed by atoms with Gasteiger partial charge in [0.05, 0.1) is 18.8 Å². The molecule has 23 heavy (non-hydrogen) atoms. The van der Waals surface area contributed by atoms with Gasteiger partial charge in [0.2, 0.25) is 0 Å². The lowest BCUT2D eigenvalue weighted by atomic mass is 10.1. The van der Waals surface area contributed by atoms with Crippen LogP contribution in [0.25, 0.3) is 5.69 Å². The summed E-state index contributed by atoms with van der Waals surface area (Å²) in [6.45, 7) is 2.63. The SMILES string of the molecule is Cc1ccnn1-c1ccc(C(=O)N2CCOC(C(=O)O)C2)cc1. The second-order valence-corrected chi connectivity index (χ2v) is 5.38. The quantitative estimate of drug-likeness (QED) is 0.917. The number of hydrogen-bond donors (Lipinski definition) is 1. The van der Waals surface area contributed by atoms with Crippen LogP contribution < -0.4 is 0 Å². The van der Waals surface area contributed by atoms with Crippen LogP contribution in [-0.4, -0.2) is 57.5 Å². The molecule has 1 aromatic heterocycles. The Labute approximate surface area is 133 Å². The van der Waals surface area contributed by atoms with Crippen LogP contribution >= 0.6 is 0 Å². The highest BCUT2D eigenvalue weighted by atomic mass is 16.5. The van der Waals surface area contributed by atoms with Crippen LogP contribution in [0.5, 0.6) is 0 Å². The molecule has 0 saturated carbocycles. The van der Waals surface area contributed by atoms with E-state index < -0.39 is 12.1 Å². The van der Waals surface area contributed by atoms with E-state index in [0.29, 0.717) is 12.1 Å². The van der Waals surface area contributed by atoms with Gasteiger partial charge in [0.15, 0.2) is 6.10 Å². The van der Waals surface area contributed by atoms with E-state index in [9.17, 15) is 9.59 Å². The first-order valence-electron chi connectivity index (χ1n) is 7.31. The Morgan fingerprint density at radius 1 is 1.26 bits per heavy atom. The molecule has 1 atom stereocenters. The maximum absolute atomic E-state index is 12.5. The molecule has 1 saturated heterocycles. The third-order valence-corrected chi connectivity index (χ3v) is 3.82. The summed E-state index contributed by atoms with van der Waals surface area (Å²) in [7, 11) is 0. The molecule has 1 aliphatic rings. The highest BCUT2D eigenvalue weighted by molar-refractivity contribution is 5.94. The fourth-order valence-corrected chi connectivity index (χ4v) is 2.55. The number of carbonyl (C=O) groups is 2. The van der Waals surface area contributed by atoms with Crippen molar-refractivity contribution in [2.24, 2.45) is 0 Å². The third-order valence-electron chi connectivity index (χ3n) is 3.82. The molecule has 1 unspecified atom stereocenters. The normalized spacial score (nSPS) is 18.0. The number of benzene rings is 1. The summed E-state index contributed by atoms with van der Waals surface area (Å²) in [5, 5.41) is 13.2. The molecule has 120 valence electrons. The fourth-order valence-electron chi connectivity index (χ4n) is 2.55. The minimum Gasteiger partial charge on any atom is -0.479 e. The summed E-state index contributed by atoms with van der Waals surface area (Å²) >= 11 is 0. The average Bonchev–Trinajstić information content (AvgIpc) is 3.00. The predicted molar refractivity (Wildman–Crippen MR) is 81.6 cm³/mol. The maximum atomic E-state index is 12.5. The number of aromatic nitrogens is 2. The lowest BCUT2D eigenvalue weighted by Gasteiger charge is -2.30. The van der Waals surface area contributed by atoms with Gasteiger partial charge in [-0.25, -0.2) is 9.48 Å². The number of hydrogen-bond acceptors (Lipinski definition) is 4. The number of carboxylic acid groups (broad SMARTS) is 1. The molecule has 0 aliphatic carbocycles. The molecule has 3 rings (SSSR count). The summed E-state index contributed by atoms with van der Waals surface area (Å²) in [6.07, 6.45) is 0.757. The number of rotatable bonds is 3. The minimum absolute atomic E-state index is 0.0637. The van der Waals surface area contributed by atoms with Crippen molar-refractivity contribution in [3.05, 3.63) is 47.8 Å². The minimum atomic E-state index is -1.05. The highest BCUT2D eigenvalue weighted by Crippen LogP contribution is 2.15. The first-order chi connectivity index (χ1) is 11.1. The van der Waals surface area contributed by atoms with E-state index in [0.717, 1.165) is 11.4 Å². The van der Waals surface area contributed by atoms with E-state index in [1.165, 1.54) is 4.90 Å². The highest BCUT2D eigenvalue weighted by Gasteiger charge is 2.29. The summed E-state index contributed by atoms with van der Waals surface area (Å²) in [5.41, 5.74) is 2.39. The zero-order valence-electron chi connectivity index (χ0n) is 12.7. The van der Waals surface area contributed by atoms with E-state index in [4.69, 9.17) is 9.84 Å². The number of carbonyl (C=O) groups excluding carboxylic acids is 1. The van der Waals surface area contributed by atoms with Crippen LogP contribution in [0.15, 0.2) is 36.5 Å². The predicted octanol–water partition coefficient (Wildman–Crippen LogP) is 1.11. The van der Waals surface area contributed by atoms with Crippen molar-refractivity contribution >= 4 is 11.9 Å².